The van der Waals surface area contributed by atoms with Crippen LogP contribution in [0.2, 0.25) is 5.02 Å². The second-order valence-corrected chi connectivity index (χ2v) is 7.45. The maximum absolute atomic E-state index is 12.8. The number of H-pyrrole nitrogens is 1. The molecule has 0 aliphatic carbocycles. The van der Waals surface area contributed by atoms with E-state index >= 15 is 0 Å². The van der Waals surface area contributed by atoms with Crippen molar-refractivity contribution in [2.45, 2.75) is 6.92 Å². The molecule has 0 radical (unpaired) electrons. The largest absolute Gasteiger partial charge is 0.322 e. The number of hydrogen-bond acceptors (Lipinski definition) is 4. The standard InChI is InChI=1S/C20H15ClN4OS/c1-12-23-18(11-27-12)14-3-2-4-16(9-14)24-20(26)17-10-22-25-19(17)13-5-7-15(21)8-6-13/h2-11H,1H3,(H,22,25)(H,24,26). The van der Waals surface area contributed by atoms with Crippen molar-refractivity contribution in [1.82, 2.24) is 15.2 Å². The maximum atomic E-state index is 12.8. The Labute approximate surface area is 165 Å². The lowest BCUT2D eigenvalue weighted by molar-refractivity contribution is 0.102. The number of carbonyl (C=O) groups excluding carboxylic acids is 1. The quantitative estimate of drug-likeness (QED) is 0.485. The molecule has 0 atom stereocenters. The van der Waals surface area contributed by atoms with Crippen molar-refractivity contribution in [2.75, 3.05) is 5.32 Å². The molecular formula is C20H15ClN4OS. The van der Waals surface area contributed by atoms with Crippen LogP contribution >= 0.6 is 22.9 Å². The summed E-state index contributed by atoms with van der Waals surface area (Å²) < 4.78 is 0. The summed E-state index contributed by atoms with van der Waals surface area (Å²) in [5.41, 5.74) is 4.52. The number of halogens is 1. The number of rotatable bonds is 4. The predicted molar refractivity (Wildman–Crippen MR) is 109 cm³/mol. The van der Waals surface area contributed by atoms with Crippen molar-refractivity contribution in [3.05, 3.63) is 75.7 Å². The number of aromatic nitrogens is 3. The number of thiazole rings is 1. The first kappa shape index (κ1) is 17.5. The summed E-state index contributed by atoms with van der Waals surface area (Å²) >= 11 is 7.54. The van der Waals surface area contributed by atoms with Crippen molar-refractivity contribution >= 4 is 34.5 Å². The summed E-state index contributed by atoms with van der Waals surface area (Å²) in [5, 5.41) is 13.5. The van der Waals surface area contributed by atoms with E-state index in [0.717, 1.165) is 21.8 Å². The van der Waals surface area contributed by atoms with Gasteiger partial charge < -0.3 is 5.32 Å². The monoisotopic (exact) mass is 394 g/mol. The third-order valence-corrected chi connectivity index (χ3v) is 5.08. The fraction of sp³-hybridized carbons (Fsp3) is 0.0500. The van der Waals surface area contributed by atoms with Crippen LogP contribution < -0.4 is 5.32 Å². The fourth-order valence-electron chi connectivity index (χ4n) is 2.75. The van der Waals surface area contributed by atoms with E-state index in [2.05, 4.69) is 20.5 Å². The molecule has 2 N–H and O–H groups in total. The molecule has 7 heteroatoms. The van der Waals surface area contributed by atoms with Crippen LogP contribution in [0.5, 0.6) is 0 Å². The molecule has 2 aromatic carbocycles. The predicted octanol–water partition coefficient (Wildman–Crippen LogP) is 5.41. The van der Waals surface area contributed by atoms with E-state index in [1.54, 1.807) is 23.5 Å². The lowest BCUT2D eigenvalue weighted by Gasteiger charge is -2.07. The Morgan fingerprint density at radius 1 is 1.15 bits per heavy atom. The lowest BCUT2D eigenvalue weighted by Crippen LogP contribution is -2.12. The van der Waals surface area contributed by atoms with E-state index in [1.165, 1.54) is 6.20 Å². The Morgan fingerprint density at radius 3 is 2.70 bits per heavy atom. The van der Waals surface area contributed by atoms with E-state index < -0.39 is 0 Å². The Kier molecular flexibility index (Phi) is 4.75. The van der Waals surface area contributed by atoms with Gasteiger partial charge >= 0.3 is 0 Å². The minimum absolute atomic E-state index is 0.236. The molecular weight excluding hydrogens is 380 g/mol. The van der Waals surface area contributed by atoms with Crippen molar-refractivity contribution in [3.8, 4) is 22.5 Å². The number of anilines is 1. The van der Waals surface area contributed by atoms with Gasteiger partial charge in [0.05, 0.1) is 28.2 Å². The summed E-state index contributed by atoms with van der Waals surface area (Å²) in [6, 6.07) is 14.9. The molecule has 2 aromatic heterocycles. The van der Waals surface area contributed by atoms with E-state index in [4.69, 9.17) is 11.6 Å². The van der Waals surface area contributed by atoms with Crippen LogP contribution in [0.15, 0.2) is 60.1 Å². The van der Waals surface area contributed by atoms with Crippen molar-refractivity contribution < 1.29 is 4.79 Å². The van der Waals surface area contributed by atoms with Gasteiger partial charge in [-0.05, 0) is 31.2 Å². The van der Waals surface area contributed by atoms with E-state index in [1.807, 2.05) is 48.7 Å². The van der Waals surface area contributed by atoms with Gasteiger partial charge in [0.15, 0.2) is 0 Å². The van der Waals surface area contributed by atoms with Crippen molar-refractivity contribution in [3.63, 3.8) is 0 Å². The van der Waals surface area contributed by atoms with Crippen LogP contribution in [0.1, 0.15) is 15.4 Å². The third kappa shape index (κ3) is 3.77. The van der Waals surface area contributed by atoms with E-state index in [0.29, 0.717) is 22.0 Å². The van der Waals surface area contributed by atoms with Gasteiger partial charge in [0.2, 0.25) is 0 Å². The molecule has 5 nitrogen and oxygen atoms in total. The van der Waals surface area contributed by atoms with Gasteiger partial charge in [-0.2, -0.15) is 5.10 Å². The Bertz CT molecular complexity index is 1100. The highest BCUT2D eigenvalue weighted by molar-refractivity contribution is 7.09. The number of benzene rings is 2. The molecule has 1 amide bonds. The van der Waals surface area contributed by atoms with Crippen LogP contribution in [-0.4, -0.2) is 21.1 Å². The molecule has 0 saturated carbocycles. The smallest absolute Gasteiger partial charge is 0.259 e. The SMILES string of the molecule is Cc1nc(-c2cccc(NC(=O)c3cn[nH]c3-c3ccc(Cl)cc3)c2)cs1. The molecule has 134 valence electrons. The van der Waals surface area contributed by atoms with Crippen LogP contribution in [-0.2, 0) is 0 Å². The molecule has 27 heavy (non-hydrogen) atoms. The Hall–Kier alpha value is -2.96. The molecule has 0 aliphatic heterocycles. The van der Waals surface area contributed by atoms with E-state index in [9.17, 15) is 4.79 Å². The van der Waals surface area contributed by atoms with Crippen LogP contribution in [0, 0.1) is 6.92 Å². The first-order valence-corrected chi connectivity index (χ1v) is 9.49. The van der Waals surface area contributed by atoms with Crippen LogP contribution in [0.4, 0.5) is 5.69 Å². The second kappa shape index (κ2) is 7.34. The zero-order chi connectivity index (χ0) is 18.8. The van der Waals surface area contributed by atoms with E-state index in [-0.39, 0.29) is 5.91 Å². The van der Waals surface area contributed by atoms with Gasteiger partial charge in [0.1, 0.15) is 0 Å². The summed E-state index contributed by atoms with van der Waals surface area (Å²) in [5.74, 6) is -0.236. The number of hydrogen-bond donors (Lipinski definition) is 2. The first-order chi connectivity index (χ1) is 13.1. The molecule has 4 aromatic rings. The van der Waals surface area contributed by atoms with Gasteiger partial charge in [-0.3, -0.25) is 9.89 Å². The summed E-state index contributed by atoms with van der Waals surface area (Å²) in [4.78, 5) is 17.3. The number of aryl methyl sites for hydroxylation is 1. The minimum atomic E-state index is -0.236. The Balaban J connectivity index is 1.59. The molecule has 0 fully saturated rings. The molecule has 2 heterocycles. The summed E-state index contributed by atoms with van der Waals surface area (Å²) in [6.07, 6.45) is 1.52. The van der Waals surface area contributed by atoms with Gasteiger partial charge in [-0.15, -0.1) is 11.3 Å². The lowest BCUT2D eigenvalue weighted by atomic mass is 10.1. The highest BCUT2D eigenvalue weighted by Crippen LogP contribution is 2.26. The number of aromatic amines is 1. The fourth-order valence-corrected chi connectivity index (χ4v) is 3.49. The van der Waals surface area contributed by atoms with Gasteiger partial charge in [0, 0.05) is 27.2 Å². The average molecular weight is 395 g/mol. The molecule has 0 aliphatic rings. The Morgan fingerprint density at radius 2 is 1.96 bits per heavy atom. The molecule has 0 saturated heterocycles. The van der Waals surface area contributed by atoms with Crippen LogP contribution in [0.25, 0.3) is 22.5 Å². The van der Waals surface area contributed by atoms with Gasteiger partial charge in [0.25, 0.3) is 5.91 Å². The average Bonchev–Trinajstić information content (AvgIpc) is 3.32. The first-order valence-electron chi connectivity index (χ1n) is 8.23. The highest BCUT2D eigenvalue weighted by atomic mass is 35.5. The van der Waals surface area contributed by atoms with Gasteiger partial charge in [-0.25, -0.2) is 4.98 Å². The van der Waals surface area contributed by atoms with Crippen molar-refractivity contribution in [2.24, 2.45) is 0 Å². The maximum Gasteiger partial charge on any atom is 0.259 e. The zero-order valence-corrected chi connectivity index (χ0v) is 15.9. The zero-order valence-electron chi connectivity index (χ0n) is 14.4. The van der Waals surface area contributed by atoms with Crippen LogP contribution in [0.3, 0.4) is 0 Å². The van der Waals surface area contributed by atoms with Crippen molar-refractivity contribution in [1.29, 1.82) is 0 Å². The molecule has 4 rings (SSSR count). The topological polar surface area (TPSA) is 70.7 Å². The third-order valence-electron chi connectivity index (χ3n) is 4.05. The van der Waals surface area contributed by atoms with Gasteiger partial charge in [-0.1, -0.05) is 35.9 Å². The highest BCUT2D eigenvalue weighted by Gasteiger charge is 2.16. The number of nitrogens with one attached hydrogen (secondary N) is 2. The number of amides is 1. The number of nitrogens with zero attached hydrogens (tertiary/aromatic N) is 2. The number of carbonyl (C=O) groups is 1. The minimum Gasteiger partial charge on any atom is -0.322 e. The summed E-state index contributed by atoms with van der Waals surface area (Å²) in [6.45, 7) is 1.97. The molecule has 0 unspecified atom stereocenters. The summed E-state index contributed by atoms with van der Waals surface area (Å²) in [7, 11) is 0. The molecule has 0 spiro atoms. The normalized spacial score (nSPS) is 10.7. The molecule has 0 bridgehead atoms. The second-order valence-electron chi connectivity index (χ2n) is 5.95.